The summed E-state index contributed by atoms with van der Waals surface area (Å²) in [7, 11) is 0. The molecule has 2 N–H and O–H groups in total. The molecular formula is C12H22N2S. The molecule has 0 bridgehead atoms. The van der Waals surface area contributed by atoms with Gasteiger partial charge in [0.15, 0.2) is 5.11 Å². The zero-order valence-electron chi connectivity index (χ0n) is 9.81. The standard InChI is InChI=1S/C12H22N2S/c1-12(2,9-7-8-9)14-11(15)13-10-5-3-4-6-10/h9-10H,3-8H2,1-2H3,(H2,13,14,15). The number of thiocarbonyl (C=S) groups is 1. The molecule has 0 aromatic carbocycles. The Kier molecular flexibility index (Phi) is 3.19. The minimum atomic E-state index is 0.183. The number of rotatable bonds is 3. The highest BCUT2D eigenvalue weighted by molar-refractivity contribution is 7.80. The van der Waals surface area contributed by atoms with E-state index in [4.69, 9.17) is 12.2 Å². The van der Waals surface area contributed by atoms with E-state index >= 15 is 0 Å². The summed E-state index contributed by atoms with van der Waals surface area (Å²) in [6, 6.07) is 0.625. The third kappa shape index (κ3) is 3.07. The number of nitrogens with one attached hydrogen (secondary N) is 2. The van der Waals surface area contributed by atoms with E-state index in [0.29, 0.717) is 6.04 Å². The topological polar surface area (TPSA) is 24.1 Å². The molecule has 0 aromatic rings. The maximum absolute atomic E-state index is 5.36. The van der Waals surface area contributed by atoms with Crippen LogP contribution < -0.4 is 10.6 Å². The van der Waals surface area contributed by atoms with Gasteiger partial charge in [-0.15, -0.1) is 0 Å². The average Bonchev–Trinajstić information content (AvgIpc) is 2.88. The van der Waals surface area contributed by atoms with Crippen LogP contribution in [0.4, 0.5) is 0 Å². The number of hydrogen-bond donors (Lipinski definition) is 2. The second-order valence-corrected chi connectivity index (χ2v) is 5.98. The Labute approximate surface area is 98.2 Å². The van der Waals surface area contributed by atoms with Crippen LogP contribution in [-0.2, 0) is 0 Å². The van der Waals surface area contributed by atoms with E-state index in [1.165, 1.54) is 38.5 Å². The van der Waals surface area contributed by atoms with Gasteiger partial charge < -0.3 is 10.6 Å². The van der Waals surface area contributed by atoms with Crippen molar-refractivity contribution in [2.75, 3.05) is 0 Å². The average molecular weight is 226 g/mol. The van der Waals surface area contributed by atoms with Gasteiger partial charge in [-0.25, -0.2) is 0 Å². The van der Waals surface area contributed by atoms with E-state index in [2.05, 4.69) is 24.5 Å². The molecule has 2 rings (SSSR count). The molecule has 0 atom stereocenters. The fourth-order valence-electron chi connectivity index (χ4n) is 2.49. The molecule has 2 aliphatic rings. The molecule has 2 aliphatic carbocycles. The molecule has 3 heteroatoms. The zero-order chi connectivity index (χ0) is 10.9. The molecule has 0 radical (unpaired) electrons. The fourth-order valence-corrected chi connectivity index (χ4v) is 2.92. The molecule has 0 aliphatic heterocycles. The Morgan fingerprint density at radius 3 is 2.27 bits per heavy atom. The molecule has 0 saturated heterocycles. The predicted octanol–water partition coefficient (Wildman–Crippen LogP) is 2.58. The van der Waals surface area contributed by atoms with Gasteiger partial charge in [0.05, 0.1) is 0 Å². The minimum Gasteiger partial charge on any atom is -0.360 e. The molecule has 2 fully saturated rings. The third-order valence-corrected chi connectivity index (χ3v) is 3.94. The quantitative estimate of drug-likeness (QED) is 0.723. The first-order valence-electron chi connectivity index (χ1n) is 6.16. The minimum absolute atomic E-state index is 0.183. The SMILES string of the molecule is CC(C)(NC(=S)NC1CCCC1)C1CC1. The van der Waals surface area contributed by atoms with Gasteiger partial charge in [0.25, 0.3) is 0 Å². The summed E-state index contributed by atoms with van der Waals surface area (Å²) in [5, 5.41) is 7.76. The van der Waals surface area contributed by atoms with Crippen LogP contribution in [0.5, 0.6) is 0 Å². The molecule has 2 nitrogen and oxygen atoms in total. The largest absolute Gasteiger partial charge is 0.360 e. The first-order chi connectivity index (χ1) is 7.08. The van der Waals surface area contributed by atoms with Crippen LogP contribution in [0.3, 0.4) is 0 Å². The van der Waals surface area contributed by atoms with Crippen molar-refractivity contribution in [1.29, 1.82) is 0 Å². The highest BCUT2D eigenvalue weighted by atomic mass is 32.1. The monoisotopic (exact) mass is 226 g/mol. The molecule has 0 heterocycles. The van der Waals surface area contributed by atoms with E-state index in [1.54, 1.807) is 0 Å². The third-order valence-electron chi connectivity index (χ3n) is 3.72. The van der Waals surface area contributed by atoms with Gasteiger partial charge in [-0.05, 0) is 57.7 Å². The van der Waals surface area contributed by atoms with E-state index < -0.39 is 0 Å². The van der Waals surface area contributed by atoms with Gasteiger partial charge >= 0.3 is 0 Å². The second-order valence-electron chi connectivity index (χ2n) is 5.58. The maximum Gasteiger partial charge on any atom is 0.166 e. The van der Waals surface area contributed by atoms with Crippen molar-refractivity contribution in [1.82, 2.24) is 10.6 Å². The lowest BCUT2D eigenvalue weighted by Crippen LogP contribution is -2.51. The van der Waals surface area contributed by atoms with Gasteiger partial charge in [0, 0.05) is 11.6 Å². The Bertz CT molecular complexity index is 240. The molecule has 0 spiro atoms. The molecular weight excluding hydrogens is 204 g/mol. The van der Waals surface area contributed by atoms with E-state index in [1.807, 2.05) is 0 Å². The van der Waals surface area contributed by atoms with Crippen molar-refractivity contribution >= 4 is 17.3 Å². The van der Waals surface area contributed by atoms with Crippen LogP contribution in [0.2, 0.25) is 0 Å². The van der Waals surface area contributed by atoms with Crippen LogP contribution in [0, 0.1) is 5.92 Å². The van der Waals surface area contributed by atoms with E-state index in [9.17, 15) is 0 Å². The molecule has 2 saturated carbocycles. The highest BCUT2D eigenvalue weighted by Gasteiger charge is 2.38. The molecule has 86 valence electrons. The van der Waals surface area contributed by atoms with Crippen molar-refractivity contribution in [3.63, 3.8) is 0 Å². The van der Waals surface area contributed by atoms with Crippen LogP contribution >= 0.6 is 12.2 Å². The lowest BCUT2D eigenvalue weighted by atomic mass is 9.99. The van der Waals surface area contributed by atoms with Gasteiger partial charge in [-0.1, -0.05) is 12.8 Å². The van der Waals surface area contributed by atoms with Crippen LogP contribution in [0.25, 0.3) is 0 Å². The first-order valence-corrected chi connectivity index (χ1v) is 6.57. The molecule has 15 heavy (non-hydrogen) atoms. The fraction of sp³-hybridized carbons (Fsp3) is 0.917. The summed E-state index contributed by atoms with van der Waals surface area (Å²) in [6.07, 6.45) is 7.98. The normalized spacial score (nSPS) is 22.8. The van der Waals surface area contributed by atoms with Crippen LogP contribution in [0.15, 0.2) is 0 Å². The molecule has 0 amide bonds. The highest BCUT2D eigenvalue weighted by Crippen LogP contribution is 2.39. The van der Waals surface area contributed by atoms with E-state index in [-0.39, 0.29) is 5.54 Å². The zero-order valence-corrected chi connectivity index (χ0v) is 10.6. The second kappa shape index (κ2) is 4.28. The molecule has 0 unspecified atom stereocenters. The van der Waals surface area contributed by atoms with Crippen LogP contribution in [0.1, 0.15) is 52.4 Å². The van der Waals surface area contributed by atoms with Crippen molar-refractivity contribution in [2.24, 2.45) is 5.92 Å². The van der Waals surface area contributed by atoms with Gasteiger partial charge in [0.1, 0.15) is 0 Å². The summed E-state index contributed by atoms with van der Waals surface area (Å²) in [4.78, 5) is 0. The van der Waals surface area contributed by atoms with Crippen molar-refractivity contribution < 1.29 is 0 Å². The van der Waals surface area contributed by atoms with Crippen molar-refractivity contribution in [3.05, 3.63) is 0 Å². The first kappa shape index (κ1) is 11.2. The Balaban J connectivity index is 1.75. The van der Waals surface area contributed by atoms with Gasteiger partial charge in [-0.3, -0.25) is 0 Å². The van der Waals surface area contributed by atoms with Crippen molar-refractivity contribution in [2.45, 2.75) is 64.0 Å². The summed E-state index contributed by atoms with van der Waals surface area (Å²) < 4.78 is 0. The molecule has 0 aromatic heterocycles. The Morgan fingerprint density at radius 1 is 1.13 bits per heavy atom. The Morgan fingerprint density at radius 2 is 1.73 bits per heavy atom. The van der Waals surface area contributed by atoms with E-state index in [0.717, 1.165) is 11.0 Å². The lowest BCUT2D eigenvalue weighted by Gasteiger charge is -2.29. The van der Waals surface area contributed by atoms with Crippen LogP contribution in [-0.4, -0.2) is 16.7 Å². The van der Waals surface area contributed by atoms with Crippen molar-refractivity contribution in [3.8, 4) is 0 Å². The summed E-state index contributed by atoms with van der Waals surface area (Å²) in [5.74, 6) is 0.820. The Hall–Kier alpha value is -0.310. The summed E-state index contributed by atoms with van der Waals surface area (Å²) in [6.45, 7) is 4.51. The number of hydrogen-bond acceptors (Lipinski definition) is 1. The maximum atomic E-state index is 5.36. The summed E-state index contributed by atoms with van der Waals surface area (Å²) in [5.41, 5.74) is 0.183. The lowest BCUT2D eigenvalue weighted by molar-refractivity contribution is 0.396. The van der Waals surface area contributed by atoms with Gasteiger partial charge in [-0.2, -0.15) is 0 Å². The smallest absolute Gasteiger partial charge is 0.166 e. The summed E-state index contributed by atoms with van der Waals surface area (Å²) >= 11 is 5.36. The predicted molar refractivity (Wildman–Crippen MR) is 67.9 cm³/mol. The van der Waals surface area contributed by atoms with Gasteiger partial charge in [0.2, 0.25) is 0 Å².